The molecule has 1 saturated heterocycles. The van der Waals surface area contributed by atoms with Crippen molar-refractivity contribution in [3.05, 3.63) is 35.4 Å². The third kappa shape index (κ3) is 3.06. The SMILES string of the molecule is Cc1ccc(CC2(C)CNCCOC2)cc1. The van der Waals surface area contributed by atoms with Gasteiger partial charge in [-0.05, 0) is 18.9 Å². The Labute approximate surface area is 98.0 Å². The van der Waals surface area contributed by atoms with E-state index >= 15 is 0 Å². The number of hydrogen-bond acceptors (Lipinski definition) is 2. The minimum atomic E-state index is 0.228. The lowest BCUT2D eigenvalue weighted by Crippen LogP contribution is -2.34. The molecule has 1 fully saturated rings. The normalized spacial score (nSPS) is 26.4. The minimum absolute atomic E-state index is 0.228. The summed E-state index contributed by atoms with van der Waals surface area (Å²) in [6.07, 6.45) is 1.08. The van der Waals surface area contributed by atoms with Crippen molar-refractivity contribution in [1.29, 1.82) is 0 Å². The summed E-state index contributed by atoms with van der Waals surface area (Å²) < 4.78 is 5.64. The van der Waals surface area contributed by atoms with Crippen molar-refractivity contribution >= 4 is 0 Å². The number of nitrogens with one attached hydrogen (secondary N) is 1. The highest BCUT2D eigenvalue weighted by atomic mass is 16.5. The van der Waals surface area contributed by atoms with Crippen LogP contribution in [-0.2, 0) is 11.2 Å². The van der Waals surface area contributed by atoms with Gasteiger partial charge < -0.3 is 10.1 Å². The molecule has 0 bridgehead atoms. The zero-order valence-electron chi connectivity index (χ0n) is 10.3. The largest absolute Gasteiger partial charge is 0.380 e. The number of hydrogen-bond donors (Lipinski definition) is 1. The monoisotopic (exact) mass is 219 g/mol. The van der Waals surface area contributed by atoms with Crippen LogP contribution < -0.4 is 5.32 Å². The van der Waals surface area contributed by atoms with Crippen molar-refractivity contribution < 1.29 is 4.74 Å². The number of aryl methyl sites for hydroxylation is 1. The van der Waals surface area contributed by atoms with Crippen molar-refractivity contribution in [1.82, 2.24) is 5.32 Å². The third-order valence-corrected chi connectivity index (χ3v) is 3.18. The van der Waals surface area contributed by atoms with Crippen molar-refractivity contribution in [3.63, 3.8) is 0 Å². The van der Waals surface area contributed by atoms with Crippen LogP contribution in [0.2, 0.25) is 0 Å². The average Bonchev–Trinajstić information content (AvgIpc) is 2.47. The van der Waals surface area contributed by atoms with Crippen molar-refractivity contribution in [2.75, 3.05) is 26.3 Å². The molecule has 0 aromatic heterocycles. The van der Waals surface area contributed by atoms with E-state index in [1.165, 1.54) is 11.1 Å². The van der Waals surface area contributed by atoms with Crippen LogP contribution in [0.1, 0.15) is 18.1 Å². The Hall–Kier alpha value is -0.860. The second kappa shape index (κ2) is 4.98. The van der Waals surface area contributed by atoms with Crippen LogP contribution >= 0.6 is 0 Å². The molecule has 0 saturated carbocycles. The zero-order valence-corrected chi connectivity index (χ0v) is 10.3. The fourth-order valence-corrected chi connectivity index (χ4v) is 2.22. The highest BCUT2D eigenvalue weighted by Gasteiger charge is 2.26. The van der Waals surface area contributed by atoms with Gasteiger partial charge in [-0.1, -0.05) is 36.8 Å². The summed E-state index contributed by atoms with van der Waals surface area (Å²) in [7, 11) is 0. The molecule has 0 amide bonds. The summed E-state index contributed by atoms with van der Waals surface area (Å²) in [5.41, 5.74) is 2.95. The second-order valence-corrected chi connectivity index (χ2v) is 5.20. The quantitative estimate of drug-likeness (QED) is 0.823. The lowest BCUT2D eigenvalue weighted by Gasteiger charge is -2.27. The van der Waals surface area contributed by atoms with Crippen LogP contribution in [0.15, 0.2) is 24.3 Å². The fraction of sp³-hybridized carbons (Fsp3) is 0.571. The van der Waals surface area contributed by atoms with Crippen LogP contribution in [0.3, 0.4) is 0 Å². The zero-order chi connectivity index (χ0) is 11.4. The van der Waals surface area contributed by atoms with E-state index in [-0.39, 0.29) is 5.41 Å². The topological polar surface area (TPSA) is 21.3 Å². The highest BCUT2D eigenvalue weighted by molar-refractivity contribution is 5.22. The molecule has 1 aromatic carbocycles. The van der Waals surface area contributed by atoms with Gasteiger partial charge in [-0.25, -0.2) is 0 Å². The molecule has 1 aromatic rings. The smallest absolute Gasteiger partial charge is 0.0591 e. The molecule has 0 spiro atoms. The van der Waals surface area contributed by atoms with Gasteiger partial charge in [0.2, 0.25) is 0 Å². The first-order valence-electron chi connectivity index (χ1n) is 6.02. The first-order chi connectivity index (χ1) is 7.68. The second-order valence-electron chi connectivity index (χ2n) is 5.20. The highest BCUT2D eigenvalue weighted by Crippen LogP contribution is 2.23. The van der Waals surface area contributed by atoms with Gasteiger partial charge in [0.05, 0.1) is 13.2 Å². The Morgan fingerprint density at radius 2 is 2.06 bits per heavy atom. The van der Waals surface area contributed by atoms with Gasteiger partial charge in [0.1, 0.15) is 0 Å². The van der Waals surface area contributed by atoms with Gasteiger partial charge in [-0.15, -0.1) is 0 Å². The Balaban J connectivity index is 2.04. The molecule has 2 nitrogen and oxygen atoms in total. The Bertz CT molecular complexity index is 323. The average molecular weight is 219 g/mol. The Kier molecular flexibility index (Phi) is 3.62. The number of rotatable bonds is 2. The molecular formula is C14H21NO. The summed E-state index contributed by atoms with van der Waals surface area (Å²) in [5, 5.41) is 3.44. The van der Waals surface area contributed by atoms with Gasteiger partial charge in [-0.3, -0.25) is 0 Å². The Morgan fingerprint density at radius 3 is 2.81 bits per heavy atom. The van der Waals surface area contributed by atoms with Crippen LogP contribution in [-0.4, -0.2) is 26.3 Å². The molecule has 1 heterocycles. The maximum Gasteiger partial charge on any atom is 0.0591 e. The van der Waals surface area contributed by atoms with E-state index in [1.807, 2.05) is 0 Å². The molecule has 2 rings (SSSR count). The molecule has 1 aliphatic rings. The van der Waals surface area contributed by atoms with Gasteiger partial charge in [0.25, 0.3) is 0 Å². The number of ether oxygens (including phenoxy) is 1. The van der Waals surface area contributed by atoms with E-state index in [0.29, 0.717) is 0 Å². The predicted octanol–water partition coefficient (Wildman–Crippen LogP) is 2.16. The first-order valence-corrected chi connectivity index (χ1v) is 6.02. The van der Waals surface area contributed by atoms with Gasteiger partial charge in [0.15, 0.2) is 0 Å². The van der Waals surface area contributed by atoms with E-state index < -0.39 is 0 Å². The summed E-state index contributed by atoms with van der Waals surface area (Å²) in [6, 6.07) is 8.82. The molecule has 0 radical (unpaired) electrons. The van der Waals surface area contributed by atoms with Gasteiger partial charge >= 0.3 is 0 Å². The maximum atomic E-state index is 5.64. The van der Waals surface area contributed by atoms with Gasteiger partial charge in [0, 0.05) is 18.5 Å². The van der Waals surface area contributed by atoms with Crippen molar-refractivity contribution in [2.45, 2.75) is 20.3 Å². The third-order valence-electron chi connectivity index (χ3n) is 3.18. The molecule has 16 heavy (non-hydrogen) atoms. The van der Waals surface area contributed by atoms with Crippen LogP contribution in [0.5, 0.6) is 0 Å². The summed E-state index contributed by atoms with van der Waals surface area (Å²) in [5.74, 6) is 0. The minimum Gasteiger partial charge on any atom is -0.380 e. The van der Waals surface area contributed by atoms with E-state index in [9.17, 15) is 0 Å². The van der Waals surface area contributed by atoms with Crippen molar-refractivity contribution in [3.8, 4) is 0 Å². The van der Waals surface area contributed by atoms with Gasteiger partial charge in [-0.2, -0.15) is 0 Å². The van der Waals surface area contributed by atoms with Crippen molar-refractivity contribution in [2.24, 2.45) is 5.41 Å². The fourth-order valence-electron chi connectivity index (χ4n) is 2.22. The molecule has 1 unspecified atom stereocenters. The van der Waals surface area contributed by atoms with Crippen LogP contribution in [0, 0.1) is 12.3 Å². The molecule has 0 aliphatic carbocycles. The molecule has 1 N–H and O–H groups in total. The summed E-state index contributed by atoms with van der Waals surface area (Å²) >= 11 is 0. The molecule has 1 atom stereocenters. The molecule has 2 heteroatoms. The molecule has 88 valence electrons. The first kappa shape index (κ1) is 11.6. The van der Waals surface area contributed by atoms with E-state index in [2.05, 4.69) is 43.4 Å². The van der Waals surface area contributed by atoms with Crippen LogP contribution in [0.25, 0.3) is 0 Å². The number of benzene rings is 1. The lowest BCUT2D eigenvalue weighted by molar-refractivity contribution is 0.0796. The van der Waals surface area contributed by atoms with E-state index in [1.54, 1.807) is 0 Å². The molecule has 1 aliphatic heterocycles. The van der Waals surface area contributed by atoms with E-state index in [4.69, 9.17) is 4.74 Å². The Morgan fingerprint density at radius 1 is 1.31 bits per heavy atom. The predicted molar refractivity (Wildman–Crippen MR) is 66.7 cm³/mol. The lowest BCUT2D eigenvalue weighted by atomic mass is 9.84. The molecular weight excluding hydrogens is 198 g/mol. The van der Waals surface area contributed by atoms with Crippen LogP contribution in [0.4, 0.5) is 0 Å². The standard InChI is InChI=1S/C14H21NO/c1-12-3-5-13(6-4-12)9-14(2)10-15-7-8-16-11-14/h3-6,15H,7-11H2,1-2H3. The summed E-state index contributed by atoms with van der Waals surface area (Å²) in [6.45, 7) is 8.13. The van der Waals surface area contributed by atoms with E-state index in [0.717, 1.165) is 32.7 Å². The summed E-state index contributed by atoms with van der Waals surface area (Å²) in [4.78, 5) is 0. The maximum absolute atomic E-state index is 5.64.